The lowest BCUT2D eigenvalue weighted by Gasteiger charge is -2.30. The maximum absolute atomic E-state index is 12.6. The van der Waals surface area contributed by atoms with Crippen LogP contribution in [0.1, 0.15) is 11.1 Å². The van der Waals surface area contributed by atoms with Crippen molar-refractivity contribution in [3.63, 3.8) is 0 Å². The van der Waals surface area contributed by atoms with Gasteiger partial charge in [-0.05, 0) is 35.4 Å². The zero-order chi connectivity index (χ0) is 20.6. The van der Waals surface area contributed by atoms with Crippen LogP contribution in [0.25, 0.3) is 0 Å². The van der Waals surface area contributed by atoms with E-state index in [2.05, 4.69) is 20.1 Å². The van der Waals surface area contributed by atoms with E-state index < -0.39 is 0 Å². The quantitative estimate of drug-likeness (QED) is 0.665. The third-order valence-corrected chi connectivity index (χ3v) is 5.29. The van der Waals surface area contributed by atoms with Crippen molar-refractivity contribution >= 4 is 5.91 Å². The average molecular weight is 412 g/mol. The van der Waals surface area contributed by atoms with Crippen molar-refractivity contribution in [1.82, 2.24) is 20.1 Å². The molecule has 0 bridgehead atoms. The van der Waals surface area contributed by atoms with E-state index in [0.717, 1.165) is 62.0 Å². The van der Waals surface area contributed by atoms with Gasteiger partial charge in [0.05, 0.1) is 19.8 Å². The fourth-order valence-corrected chi connectivity index (χ4v) is 3.58. The molecule has 30 heavy (non-hydrogen) atoms. The fourth-order valence-electron chi connectivity index (χ4n) is 3.58. The number of aromatic nitrogens is 1. The van der Waals surface area contributed by atoms with Gasteiger partial charge in [-0.15, -0.1) is 0 Å². The molecule has 8 heteroatoms. The number of carbonyl (C=O) groups excluding carboxylic acids is 1. The van der Waals surface area contributed by atoms with Gasteiger partial charge in [0.2, 0.25) is 12.7 Å². The van der Waals surface area contributed by atoms with Gasteiger partial charge in [0.15, 0.2) is 11.5 Å². The van der Waals surface area contributed by atoms with Gasteiger partial charge in [-0.2, -0.15) is 0 Å². The normalized spacial score (nSPS) is 16.0. The lowest BCUT2D eigenvalue weighted by Crippen LogP contribution is -2.43. The van der Waals surface area contributed by atoms with Crippen LogP contribution in [0.3, 0.4) is 0 Å². The Morgan fingerprint density at radius 2 is 1.87 bits per heavy atom. The average Bonchev–Trinajstić information content (AvgIpc) is 3.25. The molecule has 160 valence electrons. The number of rotatable bonds is 9. The summed E-state index contributed by atoms with van der Waals surface area (Å²) in [5.74, 6) is 1.55. The molecule has 0 saturated carbocycles. The molecule has 3 heterocycles. The monoisotopic (exact) mass is 412 g/mol. The molecule has 8 nitrogen and oxygen atoms in total. The smallest absolute Gasteiger partial charge is 0.234 e. The SMILES string of the molecule is O=C(CN(CCN1CCOCC1)Cc1ccc2c(c1)OCO2)NCc1ccncc1. The van der Waals surface area contributed by atoms with Gasteiger partial charge in [-0.3, -0.25) is 19.6 Å². The molecular weight excluding hydrogens is 384 g/mol. The Hall–Kier alpha value is -2.68. The van der Waals surface area contributed by atoms with Crippen LogP contribution in [-0.2, 0) is 22.6 Å². The third-order valence-electron chi connectivity index (χ3n) is 5.29. The lowest BCUT2D eigenvalue weighted by molar-refractivity contribution is -0.122. The maximum atomic E-state index is 12.6. The topological polar surface area (TPSA) is 76.2 Å². The van der Waals surface area contributed by atoms with E-state index in [1.165, 1.54) is 0 Å². The molecule has 0 radical (unpaired) electrons. The summed E-state index contributed by atoms with van der Waals surface area (Å²) in [4.78, 5) is 21.2. The molecule has 1 amide bonds. The van der Waals surface area contributed by atoms with Crippen LogP contribution in [0.15, 0.2) is 42.7 Å². The number of hydrogen-bond acceptors (Lipinski definition) is 7. The second kappa shape index (κ2) is 10.4. The minimum Gasteiger partial charge on any atom is -0.454 e. The Balaban J connectivity index is 1.35. The second-order valence-corrected chi connectivity index (χ2v) is 7.48. The summed E-state index contributed by atoms with van der Waals surface area (Å²) in [6.07, 6.45) is 3.46. The molecule has 2 aromatic rings. The van der Waals surface area contributed by atoms with Gasteiger partial charge in [-0.25, -0.2) is 0 Å². The predicted octanol–water partition coefficient (Wildman–Crippen LogP) is 1.26. The summed E-state index contributed by atoms with van der Waals surface area (Å²) in [5.41, 5.74) is 2.14. The van der Waals surface area contributed by atoms with E-state index in [9.17, 15) is 4.79 Å². The minimum absolute atomic E-state index is 0.00883. The number of hydrogen-bond donors (Lipinski definition) is 1. The number of amides is 1. The van der Waals surface area contributed by atoms with E-state index in [4.69, 9.17) is 14.2 Å². The maximum Gasteiger partial charge on any atom is 0.234 e. The first-order valence-corrected chi connectivity index (χ1v) is 10.3. The summed E-state index contributed by atoms with van der Waals surface area (Å²) < 4.78 is 16.3. The summed E-state index contributed by atoms with van der Waals surface area (Å²) in [6.45, 7) is 6.90. The van der Waals surface area contributed by atoms with Crippen LogP contribution >= 0.6 is 0 Å². The molecule has 1 fully saturated rings. The first-order valence-electron chi connectivity index (χ1n) is 10.3. The fraction of sp³-hybridized carbons (Fsp3) is 0.455. The number of carbonyl (C=O) groups is 1. The van der Waals surface area contributed by atoms with E-state index in [0.29, 0.717) is 19.6 Å². The Labute approximate surface area is 176 Å². The molecule has 2 aliphatic rings. The lowest BCUT2D eigenvalue weighted by atomic mass is 10.2. The summed E-state index contributed by atoms with van der Waals surface area (Å²) >= 11 is 0. The highest BCUT2D eigenvalue weighted by molar-refractivity contribution is 5.78. The number of pyridine rings is 1. The van der Waals surface area contributed by atoms with Crippen LogP contribution in [0.2, 0.25) is 0 Å². The van der Waals surface area contributed by atoms with E-state index in [1.807, 2.05) is 30.3 Å². The molecule has 0 spiro atoms. The first-order chi connectivity index (χ1) is 14.8. The molecule has 1 aromatic carbocycles. The van der Waals surface area contributed by atoms with Crippen LogP contribution in [0, 0.1) is 0 Å². The third kappa shape index (κ3) is 5.91. The largest absolute Gasteiger partial charge is 0.454 e. The van der Waals surface area contributed by atoms with Crippen LogP contribution < -0.4 is 14.8 Å². The zero-order valence-corrected chi connectivity index (χ0v) is 17.1. The van der Waals surface area contributed by atoms with Crippen molar-refractivity contribution in [1.29, 1.82) is 0 Å². The number of ether oxygens (including phenoxy) is 3. The zero-order valence-electron chi connectivity index (χ0n) is 17.1. The number of nitrogens with one attached hydrogen (secondary N) is 1. The highest BCUT2D eigenvalue weighted by atomic mass is 16.7. The van der Waals surface area contributed by atoms with E-state index >= 15 is 0 Å². The van der Waals surface area contributed by atoms with Gasteiger partial charge in [-0.1, -0.05) is 6.07 Å². The first kappa shape index (κ1) is 20.6. The molecule has 0 unspecified atom stereocenters. The van der Waals surface area contributed by atoms with Crippen LogP contribution in [0.5, 0.6) is 11.5 Å². The van der Waals surface area contributed by atoms with Crippen molar-refractivity contribution in [2.75, 3.05) is 52.7 Å². The molecule has 1 aromatic heterocycles. The Kier molecular flexibility index (Phi) is 7.12. The molecule has 0 aliphatic carbocycles. The van der Waals surface area contributed by atoms with Gasteiger partial charge in [0.25, 0.3) is 0 Å². The van der Waals surface area contributed by atoms with Crippen LogP contribution in [0.4, 0.5) is 0 Å². The number of fused-ring (bicyclic) bond motifs is 1. The summed E-state index contributed by atoms with van der Waals surface area (Å²) in [6, 6.07) is 9.77. The van der Waals surface area contributed by atoms with Crippen molar-refractivity contribution in [2.24, 2.45) is 0 Å². The molecule has 0 atom stereocenters. The van der Waals surface area contributed by atoms with Gasteiger partial charge < -0.3 is 19.5 Å². The molecule has 4 rings (SSSR count). The highest BCUT2D eigenvalue weighted by Gasteiger charge is 2.18. The summed E-state index contributed by atoms with van der Waals surface area (Å²) in [7, 11) is 0. The standard InChI is InChI=1S/C22H28N4O4/c27-22(24-14-18-3-5-23-6-4-18)16-26(8-7-25-9-11-28-12-10-25)15-19-1-2-20-21(13-19)30-17-29-20/h1-6,13H,7-12,14-17H2,(H,24,27). The number of benzene rings is 1. The Morgan fingerprint density at radius 1 is 1.07 bits per heavy atom. The van der Waals surface area contributed by atoms with E-state index in [-0.39, 0.29) is 12.7 Å². The van der Waals surface area contributed by atoms with Gasteiger partial charge >= 0.3 is 0 Å². The predicted molar refractivity (Wildman–Crippen MR) is 111 cm³/mol. The van der Waals surface area contributed by atoms with Crippen molar-refractivity contribution in [3.8, 4) is 11.5 Å². The molecule has 2 aliphatic heterocycles. The van der Waals surface area contributed by atoms with Crippen molar-refractivity contribution in [3.05, 3.63) is 53.9 Å². The number of morpholine rings is 1. The second-order valence-electron chi connectivity index (χ2n) is 7.48. The minimum atomic E-state index is 0.00883. The highest BCUT2D eigenvalue weighted by Crippen LogP contribution is 2.32. The van der Waals surface area contributed by atoms with Crippen LogP contribution in [-0.4, -0.2) is 73.4 Å². The van der Waals surface area contributed by atoms with Crippen molar-refractivity contribution in [2.45, 2.75) is 13.1 Å². The summed E-state index contributed by atoms with van der Waals surface area (Å²) in [5, 5.41) is 3.01. The van der Waals surface area contributed by atoms with E-state index in [1.54, 1.807) is 12.4 Å². The van der Waals surface area contributed by atoms with Gasteiger partial charge in [0.1, 0.15) is 0 Å². The van der Waals surface area contributed by atoms with Gasteiger partial charge in [0, 0.05) is 51.7 Å². The van der Waals surface area contributed by atoms with Crippen molar-refractivity contribution < 1.29 is 19.0 Å². The Morgan fingerprint density at radius 3 is 2.70 bits per heavy atom. The molecule has 1 N–H and O–H groups in total. The Bertz CT molecular complexity index is 827. The molecule has 1 saturated heterocycles. The number of nitrogens with zero attached hydrogens (tertiary/aromatic N) is 3. The molecular formula is C22H28N4O4.